The van der Waals surface area contributed by atoms with Crippen LogP contribution in [-0.2, 0) is 5.75 Å². The zero-order valence-electron chi connectivity index (χ0n) is 13.3. The van der Waals surface area contributed by atoms with E-state index in [4.69, 9.17) is 0 Å². The van der Waals surface area contributed by atoms with Gasteiger partial charge in [0, 0.05) is 21.1 Å². The third-order valence-electron chi connectivity index (χ3n) is 3.41. The second kappa shape index (κ2) is 8.50. The highest BCUT2D eigenvalue weighted by Crippen LogP contribution is 2.27. The average Bonchev–Trinajstić information content (AvgIpc) is 3.18. The molecule has 2 N–H and O–H groups in total. The number of carbonyl (C=O) groups excluding carboxylic acids is 2. The molecule has 0 aliphatic rings. The van der Waals surface area contributed by atoms with E-state index in [2.05, 4.69) is 16.9 Å². The number of thioether (sulfide) groups is 1. The summed E-state index contributed by atoms with van der Waals surface area (Å²) in [5, 5.41) is 2.04. The van der Waals surface area contributed by atoms with Crippen LogP contribution in [0.5, 0.6) is 0 Å². The van der Waals surface area contributed by atoms with Crippen molar-refractivity contribution in [3.8, 4) is 0 Å². The predicted molar refractivity (Wildman–Crippen MR) is 102 cm³/mol. The van der Waals surface area contributed by atoms with Crippen molar-refractivity contribution in [2.24, 2.45) is 0 Å². The summed E-state index contributed by atoms with van der Waals surface area (Å²) < 4.78 is 0. The monoisotopic (exact) mass is 368 g/mol. The number of nitrogens with one attached hydrogen (secondary N) is 2. The molecule has 0 unspecified atom stereocenters. The number of hydrazine groups is 1. The van der Waals surface area contributed by atoms with Crippen LogP contribution in [-0.4, -0.2) is 11.8 Å². The normalized spacial score (nSPS) is 10.2. The quantitative estimate of drug-likeness (QED) is 0.526. The summed E-state index contributed by atoms with van der Waals surface area (Å²) in [5.41, 5.74) is 5.96. The molecule has 0 radical (unpaired) electrons. The Morgan fingerprint density at radius 3 is 2.32 bits per heavy atom. The Hall–Kier alpha value is -2.57. The van der Waals surface area contributed by atoms with Gasteiger partial charge in [0.05, 0.1) is 5.56 Å². The number of benzene rings is 2. The molecular weight excluding hydrogens is 352 g/mol. The first-order valence-corrected chi connectivity index (χ1v) is 9.50. The molecule has 25 heavy (non-hydrogen) atoms. The number of rotatable bonds is 5. The fraction of sp³-hybridized carbons (Fsp3) is 0.0526. The average molecular weight is 368 g/mol. The Labute approximate surface area is 154 Å². The molecule has 0 fully saturated rings. The molecule has 0 saturated carbocycles. The molecule has 2 aromatic carbocycles. The summed E-state index contributed by atoms with van der Waals surface area (Å²) >= 11 is 3.29. The molecule has 1 heterocycles. The molecule has 4 nitrogen and oxygen atoms in total. The standard InChI is InChI=1S/C19H16N2O2S2/c22-18(14-7-2-1-3-8-14)20-21-19(23)16-10-4-5-11-17(16)25-13-15-9-6-12-24-15/h1-12H,13H2,(H,20,22)(H,21,23). The largest absolute Gasteiger partial charge is 0.270 e. The number of hydrogen-bond acceptors (Lipinski definition) is 4. The summed E-state index contributed by atoms with van der Waals surface area (Å²) in [4.78, 5) is 26.6. The maximum absolute atomic E-state index is 12.4. The van der Waals surface area contributed by atoms with E-state index in [0.29, 0.717) is 11.1 Å². The maximum atomic E-state index is 12.4. The van der Waals surface area contributed by atoms with E-state index in [0.717, 1.165) is 10.6 Å². The highest BCUT2D eigenvalue weighted by Gasteiger charge is 2.13. The number of carbonyl (C=O) groups is 2. The van der Waals surface area contributed by atoms with Crippen molar-refractivity contribution in [2.45, 2.75) is 10.6 Å². The van der Waals surface area contributed by atoms with Crippen molar-refractivity contribution < 1.29 is 9.59 Å². The van der Waals surface area contributed by atoms with Crippen molar-refractivity contribution in [2.75, 3.05) is 0 Å². The van der Waals surface area contributed by atoms with Gasteiger partial charge in [-0.2, -0.15) is 0 Å². The van der Waals surface area contributed by atoms with Crippen molar-refractivity contribution in [3.63, 3.8) is 0 Å². The lowest BCUT2D eigenvalue weighted by molar-refractivity contribution is 0.0845. The van der Waals surface area contributed by atoms with Crippen LogP contribution in [0.1, 0.15) is 25.6 Å². The second-order valence-corrected chi connectivity index (χ2v) is 7.19. The molecule has 0 aliphatic heterocycles. The van der Waals surface area contributed by atoms with Gasteiger partial charge >= 0.3 is 0 Å². The fourth-order valence-corrected chi connectivity index (χ4v) is 3.99. The number of thiophene rings is 1. The van der Waals surface area contributed by atoms with E-state index >= 15 is 0 Å². The van der Waals surface area contributed by atoms with E-state index in [-0.39, 0.29) is 11.8 Å². The summed E-state index contributed by atoms with van der Waals surface area (Å²) in [5.74, 6) is 0.120. The van der Waals surface area contributed by atoms with Gasteiger partial charge in [-0.15, -0.1) is 23.1 Å². The summed E-state index contributed by atoms with van der Waals surface area (Å²) in [6, 6.07) is 20.2. The molecule has 126 valence electrons. The maximum Gasteiger partial charge on any atom is 0.270 e. The van der Waals surface area contributed by atoms with Crippen molar-refractivity contribution >= 4 is 34.9 Å². The zero-order chi connectivity index (χ0) is 17.5. The number of amides is 2. The van der Waals surface area contributed by atoms with Gasteiger partial charge in [-0.05, 0) is 35.7 Å². The van der Waals surface area contributed by atoms with Crippen LogP contribution in [0.15, 0.2) is 77.0 Å². The molecule has 6 heteroatoms. The van der Waals surface area contributed by atoms with Crippen LogP contribution in [0.4, 0.5) is 0 Å². The SMILES string of the molecule is O=C(NNC(=O)c1ccccc1SCc1cccs1)c1ccccc1. The van der Waals surface area contributed by atoms with Gasteiger partial charge in [0.2, 0.25) is 0 Å². The van der Waals surface area contributed by atoms with Crippen LogP contribution in [0.2, 0.25) is 0 Å². The third-order valence-corrected chi connectivity index (χ3v) is 5.59. The van der Waals surface area contributed by atoms with Crippen LogP contribution in [0.3, 0.4) is 0 Å². The smallest absolute Gasteiger partial charge is 0.267 e. The van der Waals surface area contributed by atoms with E-state index in [1.54, 1.807) is 53.4 Å². The Morgan fingerprint density at radius 2 is 1.56 bits per heavy atom. The van der Waals surface area contributed by atoms with E-state index in [9.17, 15) is 9.59 Å². The van der Waals surface area contributed by atoms with Crippen LogP contribution in [0.25, 0.3) is 0 Å². The highest BCUT2D eigenvalue weighted by molar-refractivity contribution is 7.98. The Kier molecular flexibility index (Phi) is 5.87. The van der Waals surface area contributed by atoms with Crippen LogP contribution in [0, 0.1) is 0 Å². The van der Waals surface area contributed by atoms with E-state index < -0.39 is 0 Å². The van der Waals surface area contributed by atoms with Gasteiger partial charge in [-0.3, -0.25) is 20.4 Å². The topological polar surface area (TPSA) is 58.2 Å². The number of hydrogen-bond donors (Lipinski definition) is 2. The van der Waals surface area contributed by atoms with Gasteiger partial charge in [0.25, 0.3) is 11.8 Å². The lowest BCUT2D eigenvalue weighted by Gasteiger charge is -2.10. The van der Waals surface area contributed by atoms with Gasteiger partial charge in [-0.1, -0.05) is 36.4 Å². The first-order valence-electron chi connectivity index (χ1n) is 7.64. The molecule has 1 aromatic heterocycles. The van der Waals surface area contributed by atoms with E-state index in [1.807, 2.05) is 35.7 Å². The van der Waals surface area contributed by atoms with Crippen molar-refractivity contribution in [3.05, 3.63) is 88.1 Å². The molecule has 0 bridgehead atoms. The zero-order valence-corrected chi connectivity index (χ0v) is 14.9. The van der Waals surface area contributed by atoms with Crippen LogP contribution >= 0.6 is 23.1 Å². The predicted octanol–water partition coefficient (Wildman–Crippen LogP) is 4.12. The van der Waals surface area contributed by atoms with Crippen LogP contribution < -0.4 is 10.9 Å². The fourth-order valence-electron chi connectivity index (χ4n) is 2.17. The van der Waals surface area contributed by atoms with Crippen molar-refractivity contribution in [1.82, 2.24) is 10.9 Å². The first-order chi connectivity index (χ1) is 12.2. The first kappa shape index (κ1) is 17.3. The molecular formula is C19H16N2O2S2. The molecule has 0 atom stereocenters. The lowest BCUT2D eigenvalue weighted by atomic mass is 10.2. The summed E-state index contributed by atoms with van der Waals surface area (Å²) in [7, 11) is 0. The van der Waals surface area contributed by atoms with Gasteiger partial charge < -0.3 is 0 Å². The molecule has 0 spiro atoms. The highest BCUT2D eigenvalue weighted by atomic mass is 32.2. The van der Waals surface area contributed by atoms with Gasteiger partial charge in [0.15, 0.2) is 0 Å². The third kappa shape index (κ3) is 4.71. The minimum absolute atomic E-state index is 0.335. The van der Waals surface area contributed by atoms with Gasteiger partial charge in [0.1, 0.15) is 0 Å². The van der Waals surface area contributed by atoms with Crippen molar-refractivity contribution in [1.29, 1.82) is 0 Å². The molecule has 2 amide bonds. The second-order valence-electron chi connectivity index (χ2n) is 5.14. The van der Waals surface area contributed by atoms with E-state index in [1.165, 1.54) is 4.88 Å². The Morgan fingerprint density at radius 1 is 0.840 bits per heavy atom. The minimum atomic E-state index is -0.349. The molecule has 3 rings (SSSR count). The molecule has 0 aliphatic carbocycles. The Balaban J connectivity index is 1.62. The Bertz CT molecular complexity index is 849. The molecule has 3 aromatic rings. The summed E-state index contributed by atoms with van der Waals surface area (Å²) in [6.45, 7) is 0. The summed E-state index contributed by atoms with van der Waals surface area (Å²) in [6.07, 6.45) is 0. The molecule has 0 saturated heterocycles. The lowest BCUT2D eigenvalue weighted by Crippen LogP contribution is -2.41. The minimum Gasteiger partial charge on any atom is -0.267 e. The van der Waals surface area contributed by atoms with Gasteiger partial charge in [-0.25, -0.2) is 0 Å².